The monoisotopic (exact) mass is 406 g/mol. The maximum absolute atomic E-state index is 13.6. The van der Waals surface area contributed by atoms with E-state index in [1.807, 2.05) is 41.0 Å². The molecular weight excluding hydrogens is 380 g/mol. The Hall–Kier alpha value is -3.22. The molecule has 2 atom stereocenters. The summed E-state index contributed by atoms with van der Waals surface area (Å²) in [6.45, 7) is 6.69. The Labute approximate surface area is 175 Å². The van der Waals surface area contributed by atoms with Gasteiger partial charge in [-0.05, 0) is 49.1 Å². The van der Waals surface area contributed by atoms with Gasteiger partial charge in [-0.1, -0.05) is 26.0 Å². The average Bonchev–Trinajstić information content (AvgIpc) is 3.12. The van der Waals surface area contributed by atoms with Crippen molar-refractivity contribution in [3.05, 3.63) is 54.4 Å². The van der Waals surface area contributed by atoms with Gasteiger partial charge in [-0.15, -0.1) is 0 Å². The number of rotatable bonds is 6. The highest BCUT2D eigenvalue weighted by atomic mass is 16.5. The van der Waals surface area contributed by atoms with Crippen molar-refractivity contribution in [1.82, 2.24) is 14.5 Å². The number of fused-ring (bicyclic) bond motifs is 3. The van der Waals surface area contributed by atoms with E-state index in [1.54, 1.807) is 24.2 Å². The van der Waals surface area contributed by atoms with Crippen molar-refractivity contribution in [1.29, 1.82) is 0 Å². The molecule has 1 aliphatic rings. The lowest BCUT2D eigenvalue weighted by Crippen LogP contribution is -2.50. The first-order chi connectivity index (χ1) is 14.5. The summed E-state index contributed by atoms with van der Waals surface area (Å²) in [5.41, 5.74) is 2.49. The number of aromatic nitrogens is 3. The molecule has 1 aliphatic heterocycles. The number of hydrogen-bond acceptors (Lipinski definition) is 5. The van der Waals surface area contributed by atoms with Crippen LogP contribution in [0, 0.1) is 11.8 Å². The zero-order valence-corrected chi connectivity index (χ0v) is 17.5. The molecule has 0 radical (unpaired) electrons. The first-order valence-corrected chi connectivity index (χ1v) is 10.4. The molecular formula is C23H26N4O3. The normalized spacial score (nSPS) is 18.7. The minimum Gasteiger partial charge on any atom is -0.465 e. The van der Waals surface area contributed by atoms with Crippen LogP contribution in [0.15, 0.2) is 48.8 Å². The molecule has 2 unspecified atom stereocenters. The molecule has 4 rings (SSSR count). The maximum atomic E-state index is 13.6. The lowest BCUT2D eigenvalue weighted by atomic mass is 9.89. The van der Waals surface area contributed by atoms with E-state index in [9.17, 15) is 9.59 Å². The predicted molar refractivity (Wildman–Crippen MR) is 114 cm³/mol. The third-order valence-corrected chi connectivity index (χ3v) is 5.46. The van der Waals surface area contributed by atoms with Crippen LogP contribution < -0.4 is 4.90 Å². The van der Waals surface area contributed by atoms with Gasteiger partial charge in [0.2, 0.25) is 11.9 Å². The molecule has 0 fully saturated rings. The maximum Gasteiger partial charge on any atom is 0.321 e. The number of pyridine rings is 1. The summed E-state index contributed by atoms with van der Waals surface area (Å²) in [7, 11) is 0. The smallest absolute Gasteiger partial charge is 0.321 e. The van der Waals surface area contributed by atoms with E-state index < -0.39 is 17.9 Å². The van der Waals surface area contributed by atoms with E-state index in [-0.39, 0.29) is 12.5 Å². The van der Waals surface area contributed by atoms with Gasteiger partial charge in [-0.2, -0.15) is 0 Å². The molecule has 0 N–H and O–H groups in total. The van der Waals surface area contributed by atoms with Gasteiger partial charge < -0.3 is 9.30 Å². The zero-order chi connectivity index (χ0) is 21.3. The molecule has 2 aromatic heterocycles. The van der Waals surface area contributed by atoms with Crippen LogP contribution in [0.2, 0.25) is 0 Å². The summed E-state index contributed by atoms with van der Waals surface area (Å²) >= 11 is 0. The highest BCUT2D eigenvalue weighted by molar-refractivity contribution is 6.08. The first kappa shape index (κ1) is 20.1. The van der Waals surface area contributed by atoms with Crippen LogP contribution >= 0.6 is 0 Å². The molecule has 0 saturated heterocycles. The van der Waals surface area contributed by atoms with E-state index >= 15 is 0 Å². The van der Waals surface area contributed by atoms with Crippen LogP contribution in [0.25, 0.3) is 11.0 Å². The molecule has 7 heteroatoms. The van der Waals surface area contributed by atoms with Crippen LogP contribution in [-0.2, 0) is 14.3 Å². The van der Waals surface area contributed by atoms with E-state index in [1.165, 1.54) is 0 Å². The van der Waals surface area contributed by atoms with E-state index in [4.69, 9.17) is 9.72 Å². The molecule has 0 aliphatic carbocycles. The molecule has 1 amide bonds. The number of carbonyl (C=O) groups excluding carboxylic acids is 2. The standard InChI is InChI=1S/C23H26N4O3/c1-4-30-22(29)19-20(16-9-12-24-13-10-16)27-18-8-6-5-7-17(18)25-23(27)26(21(19)28)14-11-15(2)3/h5-10,12-13,15,19-20H,4,11,14H2,1-3H3. The van der Waals surface area contributed by atoms with Crippen LogP contribution in [0.4, 0.5) is 5.95 Å². The van der Waals surface area contributed by atoms with Crippen LogP contribution in [0.1, 0.15) is 38.8 Å². The Morgan fingerprint density at radius 2 is 1.90 bits per heavy atom. The summed E-state index contributed by atoms with van der Waals surface area (Å²) in [6.07, 6.45) is 4.16. The minimum absolute atomic E-state index is 0.217. The molecule has 30 heavy (non-hydrogen) atoms. The number of hydrogen-bond donors (Lipinski definition) is 0. The summed E-state index contributed by atoms with van der Waals surface area (Å²) in [4.78, 5) is 37.2. The average molecular weight is 406 g/mol. The fourth-order valence-electron chi connectivity index (χ4n) is 4.01. The van der Waals surface area contributed by atoms with Crippen molar-refractivity contribution < 1.29 is 14.3 Å². The van der Waals surface area contributed by atoms with Crippen molar-refractivity contribution in [2.75, 3.05) is 18.1 Å². The lowest BCUT2D eigenvalue weighted by molar-refractivity contribution is -0.153. The van der Waals surface area contributed by atoms with Gasteiger partial charge in [-0.3, -0.25) is 19.5 Å². The van der Waals surface area contributed by atoms with Gasteiger partial charge >= 0.3 is 5.97 Å². The van der Waals surface area contributed by atoms with E-state index in [0.29, 0.717) is 18.4 Å². The number of ether oxygens (including phenoxy) is 1. The van der Waals surface area contributed by atoms with Crippen molar-refractivity contribution >= 4 is 28.9 Å². The summed E-state index contributed by atoms with van der Waals surface area (Å²) in [5.74, 6) is -0.774. The number of amides is 1. The summed E-state index contributed by atoms with van der Waals surface area (Å²) in [5, 5.41) is 0. The number of nitrogens with zero attached hydrogens (tertiary/aromatic N) is 4. The van der Waals surface area contributed by atoms with Crippen LogP contribution in [-0.4, -0.2) is 39.6 Å². The Balaban J connectivity index is 1.95. The van der Waals surface area contributed by atoms with Gasteiger partial charge in [0.15, 0.2) is 5.92 Å². The Kier molecular flexibility index (Phi) is 5.53. The predicted octanol–water partition coefficient (Wildman–Crippen LogP) is 3.59. The fraction of sp³-hybridized carbons (Fsp3) is 0.391. The molecule has 0 bridgehead atoms. The van der Waals surface area contributed by atoms with Gasteiger partial charge in [0, 0.05) is 18.9 Å². The van der Waals surface area contributed by atoms with Gasteiger partial charge in [0.1, 0.15) is 0 Å². The molecule has 3 heterocycles. The largest absolute Gasteiger partial charge is 0.465 e. The molecule has 1 aromatic carbocycles. The quantitative estimate of drug-likeness (QED) is 0.462. The molecule has 3 aromatic rings. The Bertz CT molecular complexity index is 1060. The minimum atomic E-state index is -0.982. The fourth-order valence-corrected chi connectivity index (χ4v) is 4.01. The lowest BCUT2D eigenvalue weighted by Gasteiger charge is -2.38. The molecule has 7 nitrogen and oxygen atoms in total. The Morgan fingerprint density at radius 1 is 1.17 bits per heavy atom. The zero-order valence-electron chi connectivity index (χ0n) is 17.5. The van der Waals surface area contributed by atoms with Crippen molar-refractivity contribution in [3.8, 4) is 0 Å². The van der Waals surface area contributed by atoms with Crippen LogP contribution in [0.5, 0.6) is 0 Å². The highest BCUT2D eigenvalue weighted by Gasteiger charge is 2.47. The number of carbonyl (C=O) groups is 2. The molecule has 0 spiro atoms. The number of imidazole rings is 1. The second-order valence-corrected chi connectivity index (χ2v) is 7.90. The topological polar surface area (TPSA) is 77.3 Å². The summed E-state index contributed by atoms with van der Waals surface area (Å²) < 4.78 is 7.35. The van der Waals surface area contributed by atoms with Gasteiger partial charge in [0.05, 0.1) is 23.7 Å². The highest BCUT2D eigenvalue weighted by Crippen LogP contribution is 2.41. The second kappa shape index (κ2) is 8.26. The van der Waals surface area contributed by atoms with E-state index in [2.05, 4.69) is 18.8 Å². The van der Waals surface area contributed by atoms with Gasteiger partial charge in [-0.25, -0.2) is 4.98 Å². The Morgan fingerprint density at radius 3 is 2.60 bits per heavy atom. The molecule has 156 valence electrons. The third-order valence-electron chi connectivity index (χ3n) is 5.46. The second-order valence-electron chi connectivity index (χ2n) is 7.90. The third kappa shape index (κ3) is 3.44. The van der Waals surface area contributed by atoms with Gasteiger partial charge in [0.25, 0.3) is 0 Å². The molecule has 0 saturated carbocycles. The summed E-state index contributed by atoms with van der Waals surface area (Å²) in [6, 6.07) is 10.9. The van der Waals surface area contributed by atoms with Crippen molar-refractivity contribution in [2.45, 2.75) is 33.2 Å². The van der Waals surface area contributed by atoms with Crippen molar-refractivity contribution in [2.24, 2.45) is 11.8 Å². The first-order valence-electron chi connectivity index (χ1n) is 10.4. The number of para-hydroxylation sites is 2. The van der Waals surface area contributed by atoms with E-state index in [0.717, 1.165) is 23.0 Å². The SMILES string of the molecule is CCOC(=O)C1C(=O)N(CCC(C)C)c2nc3ccccc3n2C1c1ccncc1. The van der Waals surface area contributed by atoms with Crippen molar-refractivity contribution in [3.63, 3.8) is 0 Å². The number of esters is 1. The van der Waals surface area contributed by atoms with Crippen LogP contribution in [0.3, 0.4) is 0 Å². The number of benzene rings is 1. The number of anilines is 1.